The Balaban J connectivity index is 1.86. The number of carbonyl (C=O) groups excluding carboxylic acids is 2. The van der Waals surface area contributed by atoms with E-state index in [1.807, 2.05) is 54.7 Å². The Morgan fingerprint density at radius 3 is 2.65 bits per heavy atom. The molecule has 0 aliphatic rings. The van der Waals surface area contributed by atoms with Gasteiger partial charge in [0.2, 0.25) is 5.91 Å². The lowest BCUT2D eigenvalue weighted by Gasteiger charge is -2.16. The molecule has 0 spiro atoms. The van der Waals surface area contributed by atoms with Crippen molar-refractivity contribution in [3.05, 3.63) is 52.2 Å². The molecular formula is C17H21N3O2S. The van der Waals surface area contributed by atoms with E-state index in [4.69, 9.17) is 0 Å². The summed E-state index contributed by atoms with van der Waals surface area (Å²) in [5.74, 6) is -0.428. The fourth-order valence-electron chi connectivity index (χ4n) is 2.03. The first kappa shape index (κ1) is 17.0. The fraction of sp³-hybridized carbons (Fsp3) is 0.294. The van der Waals surface area contributed by atoms with Crippen LogP contribution in [0.25, 0.3) is 0 Å². The van der Waals surface area contributed by atoms with E-state index in [0.717, 1.165) is 11.3 Å². The van der Waals surface area contributed by atoms with Gasteiger partial charge in [-0.3, -0.25) is 9.59 Å². The molecule has 0 saturated heterocycles. The minimum absolute atomic E-state index is 0.204. The molecule has 23 heavy (non-hydrogen) atoms. The number of amides is 2. The van der Waals surface area contributed by atoms with E-state index in [2.05, 4.69) is 10.6 Å². The Morgan fingerprint density at radius 2 is 2.00 bits per heavy atom. The Labute approximate surface area is 140 Å². The van der Waals surface area contributed by atoms with Crippen LogP contribution in [0, 0.1) is 0 Å². The zero-order chi connectivity index (χ0) is 16.8. The van der Waals surface area contributed by atoms with Gasteiger partial charge >= 0.3 is 0 Å². The summed E-state index contributed by atoms with van der Waals surface area (Å²) in [5.41, 5.74) is 2.09. The van der Waals surface area contributed by atoms with Crippen LogP contribution in [0.2, 0.25) is 0 Å². The van der Waals surface area contributed by atoms with Gasteiger partial charge in [0.15, 0.2) is 0 Å². The third kappa shape index (κ3) is 4.82. The van der Waals surface area contributed by atoms with Crippen LogP contribution >= 0.6 is 11.3 Å². The summed E-state index contributed by atoms with van der Waals surface area (Å²) < 4.78 is 0. The number of hydrogen-bond acceptors (Lipinski definition) is 4. The van der Waals surface area contributed by atoms with Crippen molar-refractivity contribution in [1.29, 1.82) is 0 Å². The van der Waals surface area contributed by atoms with Gasteiger partial charge < -0.3 is 15.5 Å². The highest BCUT2D eigenvalue weighted by atomic mass is 32.1. The van der Waals surface area contributed by atoms with E-state index in [-0.39, 0.29) is 11.8 Å². The lowest BCUT2D eigenvalue weighted by molar-refractivity contribution is -0.122. The molecule has 0 fully saturated rings. The maximum absolute atomic E-state index is 12.1. The summed E-state index contributed by atoms with van der Waals surface area (Å²) in [6.07, 6.45) is 0. The zero-order valence-corrected chi connectivity index (χ0v) is 14.3. The van der Waals surface area contributed by atoms with Crippen LogP contribution in [0.3, 0.4) is 0 Å². The molecule has 2 aromatic rings. The number of nitrogens with one attached hydrogen (secondary N) is 2. The molecule has 2 rings (SSSR count). The molecule has 1 heterocycles. The molecule has 1 aromatic carbocycles. The first-order valence-electron chi connectivity index (χ1n) is 7.35. The van der Waals surface area contributed by atoms with Gasteiger partial charge in [0, 0.05) is 26.3 Å². The van der Waals surface area contributed by atoms with Crippen LogP contribution in [0.4, 0.5) is 5.69 Å². The molecule has 0 saturated carbocycles. The monoisotopic (exact) mass is 331 g/mol. The van der Waals surface area contributed by atoms with Crippen LogP contribution in [-0.4, -0.2) is 32.0 Å². The maximum Gasteiger partial charge on any atom is 0.261 e. The third-order valence-electron chi connectivity index (χ3n) is 3.38. The average molecular weight is 331 g/mol. The van der Waals surface area contributed by atoms with Crippen molar-refractivity contribution < 1.29 is 9.59 Å². The van der Waals surface area contributed by atoms with Crippen molar-refractivity contribution in [3.8, 4) is 0 Å². The molecule has 5 nitrogen and oxygen atoms in total. The number of rotatable bonds is 6. The van der Waals surface area contributed by atoms with Gasteiger partial charge in [0.05, 0.1) is 4.88 Å². The number of anilines is 1. The number of nitrogens with zero attached hydrogens (tertiary/aromatic N) is 1. The molecule has 6 heteroatoms. The average Bonchev–Trinajstić information content (AvgIpc) is 3.07. The summed E-state index contributed by atoms with van der Waals surface area (Å²) in [6.45, 7) is 2.11. The van der Waals surface area contributed by atoms with Gasteiger partial charge in [-0.1, -0.05) is 18.2 Å². The quantitative estimate of drug-likeness (QED) is 0.853. The predicted molar refractivity (Wildman–Crippen MR) is 93.9 cm³/mol. The van der Waals surface area contributed by atoms with E-state index in [1.165, 1.54) is 11.3 Å². The summed E-state index contributed by atoms with van der Waals surface area (Å²) in [5, 5.41) is 7.38. The Kier molecular flexibility index (Phi) is 5.76. The summed E-state index contributed by atoms with van der Waals surface area (Å²) >= 11 is 1.35. The second kappa shape index (κ2) is 7.78. The molecule has 0 radical (unpaired) electrons. The first-order valence-corrected chi connectivity index (χ1v) is 8.23. The van der Waals surface area contributed by atoms with E-state index in [1.54, 1.807) is 13.0 Å². The van der Waals surface area contributed by atoms with Gasteiger partial charge in [-0.2, -0.15) is 0 Å². The van der Waals surface area contributed by atoms with Gasteiger partial charge in [-0.15, -0.1) is 11.3 Å². The van der Waals surface area contributed by atoms with E-state index in [0.29, 0.717) is 11.4 Å². The highest BCUT2D eigenvalue weighted by molar-refractivity contribution is 7.12. The standard InChI is InChI=1S/C17H21N3O2S/c1-12(19-17(22)15-8-5-9-23-15)16(21)18-11-13-6-4-7-14(10-13)20(2)3/h4-10,12H,11H2,1-3H3,(H,18,21)(H,19,22). The molecule has 0 aliphatic carbocycles. The molecule has 1 atom stereocenters. The molecule has 0 bridgehead atoms. The smallest absolute Gasteiger partial charge is 0.261 e. The lowest BCUT2D eigenvalue weighted by atomic mass is 10.2. The van der Waals surface area contributed by atoms with E-state index >= 15 is 0 Å². The minimum atomic E-state index is -0.582. The van der Waals surface area contributed by atoms with Crippen LogP contribution < -0.4 is 15.5 Å². The van der Waals surface area contributed by atoms with Gasteiger partial charge in [-0.25, -0.2) is 0 Å². The third-order valence-corrected chi connectivity index (χ3v) is 4.25. The van der Waals surface area contributed by atoms with Crippen molar-refractivity contribution in [2.45, 2.75) is 19.5 Å². The predicted octanol–water partition coefficient (Wildman–Crippen LogP) is 2.25. The second-order valence-electron chi connectivity index (χ2n) is 5.45. The molecule has 1 aromatic heterocycles. The van der Waals surface area contributed by atoms with Gasteiger partial charge in [0.1, 0.15) is 6.04 Å². The summed E-state index contributed by atoms with van der Waals surface area (Å²) in [4.78, 5) is 26.6. The fourth-order valence-corrected chi connectivity index (χ4v) is 2.65. The Bertz CT molecular complexity index is 668. The van der Waals surface area contributed by atoms with Crippen molar-refractivity contribution in [2.24, 2.45) is 0 Å². The number of thiophene rings is 1. The molecule has 2 N–H and O–H groups in total. The van der Waals surface area contributed by atoms with E-state index < -0.39 is 6.04 Å². The van der Waals surface area contributed by atoms with Crippen LogP contribution in [0.5, 0.6) is 0 Å². The number of benzene rings is 1. The summed E-state index contributed by atoms with van der Waals surface area (Å²) in [6, 6.07) is 10.9. The molecule has 0 aliphatic heterocycles. The SMILES string of the molecule is CC(NC(=O)c1cccs1)C(=O)NCc1cccc(N(C)C)c1. The number of carbonyl (C=O) groups is 2. The second-order valence-corrected chi connectivity index (χ2v) is 6.40. The van der Waals surface area contributed by atoms with E-state index in [9.17, 15) is 9.59 Å². The Morgan fingerprint density at radius 1 is 1.22 bits per heavy atom. The highest BCUT2D eigenvalue weighted by Gasteiger charge is 2.16. The highest BCUT2D eigenvalue weighted by Crippen LogP contribution is 2.13. The molecule has 1 unspecified atom stereocenters. The molecule has 122 valence electrons. The number of hydrogen-bond donors (Lipinski definition) is 2. The van der Waals surface area contributed by atoms with Crippen LogP contribution in [0.1, 0.15) is 22.2 Å². The van der Waals surface area contributed by atoms with Gasteiger partial charge in [0.25, 0.3) is 5.91 Å². The Hall–Kier alpha value is -2.34. The van der Waals surface area contributed by atoms with Crippen molar-refractivity contribution in [1.82, 2.24) is 10.6 Å². The topological polar surface area (TPSA) is 61.4 Å². The maximum atomic E-state index is 12.1. The largest absolute Gasteiger partial charge is 0.378 e. The van der Waals surface area contributed by atoms with Crippen molar-refractivity contribution in [2.75, 3.05) is 19.0 Å². The van der Waals surface area contributed by atoms with Crippen LogP contribution in [0.15, 0.2) is 41.8 Å². The lowest BCUT2D eigenvalue weighted by Crippen LogP contribution is -2.44. The summed E-state index contributed by atoms with van der Waals surface area (Å²) in [7, 11) is 3.94. The van der Waals surface area contributed by atoms with Crippen molar-refractivity contribution in [3.63, 3.8) is 0 Å². The van der Waals surface area contributed by atoms with Gasteiger partial charge in [-0.05, 0) is 36.1 Å². The van der Waals surface area contributed by atoms with Crippen molar-refractivity contribution >= 4 is 28.8 Å². The first-order chi connectivity index (χ1) is 11.0. The zero-order valence-electron chi connectivity index (χ0n) is 13.5. The molecule has 2 amide bonds. The minimum Gasteiger partial charge on any atom is -0.378 e. The van der Waals surface area contributed by atoms with Crippen LogP contribution in [-0.2, 0) is 11.3 Å². The normalized spacial score (nSPS) is 11.6. The molecular weight excluding hydrogens is 310 g/mol.